The molecule has 2 unspecified atom stereocenters. The van der Waals surface area contributed by atoms with Crippen LogP contribution in [0.3, 0.4) is 0 Å². The zero-order chi connectivity index (χ0) is 12.1. The van der Waals surface area contributed by atoms with Crippen LogP contribution >= 0.6 is 34.5 Å². The minimum atomic E-state index is 0.321. The molecule has 1 N–H and O–H groups in total. The summed E-state index contributed by atoms with van der Waals surface area (Å²) in [6.07, 6.45) is 2.26. The topological polar surface area (TPSA) is 12.0 Å². The second kappa shape index (κ2) is 6.85. The Hall–Kier alpha value is 0.240. The summed E-state index contributed by atoms with van der Waals surface area (Å²) in [7, 11) is 0. The van der Waals surface area contributed by atoms with E-state index in [1.807, 2.05) is 6.07 Å². The van der Waals surface area contributed by atoms with Gasteiger partial charge in [-0.15, -0.1) is 11.3 Å². The lowest BCUT2D eigenvalue weighted by atomic mass is 9.94. The van der Waals surface area contributed by atoms with Crippen LogP contribution in [-0.2, 0) is 0 Å². The Morgan fingerprint density at radius 2 is 2.06 bits per heavy atom. The second-order valence-corrected chi connectivity index (χ2v) is 6.38. The molecule has 0 saturated heterocycles. The molecule has 0 radical (unpaired) electrons. The van der Waals surface area contributed by atoms with Gasteiger partial charge in [0, 0.05) is 11.6 Å². The first-order chi connectivity index (χ1) is 7.60. The van der Waals surface area contributed by atoms with Crippen LogP contribution < -0.4 is 5.32 Å². The van der Waals surface area contributed by atoms with Crippen LogP contribution in [0.2, 0.25) is 8.67 Å². The van der Waals surface area contributed by atoms with E-state index < -0.39 is 0 Å². The summed E-state index contributed by atoms with van der Waals surface area (Å²) in [5, 5.41) is 3.55. The van der Waals surface area contributed by atoms with E-state index in [4.69, 9.17) is 23.2 Å². The molecule has 0 aliphatic carbocycles. The fourth-order valence-corrected chi connectivity index (χ4v) is 3.27. The summed E-state index contributed by atoms with van der Waals surface area (Å²) in [6.45, 7) is 7.63. The molecule has 1 aromatic heterocycles. The van der Waals surface area contributed by atoms with E-state index in [0.29, 0.717) is 12.0 Å². The number of nitrogens with one attached hydrogen (secondary N) is 1. The Labute approximate surface area is 112 Å². The molecule has 16 heavy (non-hydrogen) atoms. The van der Waals surface area contributed by atoms with E-state index in [2.05, 4.69) is 26.1 Å². The fraction of sp³-hybridized carbons (Fsp3) is 0.667. The van der Waals surface area contributed by atoms with Crippen molar-refractivity contribution in [2.45, 2.75) is 39.7 Å². The molecule has 92 valence electrons. The van der Waals surface area contributed by atoms with E-state index in [9.17, 15) is 0 Å². The third-order valence-electron chi connectivity index (χ3n) is 2.85. The van der Waals surface area contributed by atoms with E-state index in [-0.39, 0.29) is 0 Å². The van der Waals surface area contributed by atoms with Crippen molar-refractivity contribution in [3.05, 3.63) is 20.3 Å². The Kier molecular flexibility index (Phi) is 6.12. The highest BCUT2D eigenvalue weighted by molar-refractivity contribution is 7.20. The van der Waals surface area contributed by atoms with E-state index >= 15 is 0 Å². The van der Waals surface area contributed by atoms with Gasteiger partial charge >= 0.3 is 0 Å². The Bertz CT molecular complexity index is 325. The summed E-state index contributed by atoms with van der Waals surface area (Å²) in [4.78, 5) is 0. The van der Waals surface area contributed by atoms with Crippen LogP contribution in [0.15, 0.2) is 6.07 Å². The number of hydrogen-bond acceptors (Lipinski definition) is 2. The zero-order valence-electron chi connectivity index (χ0n) is 10.0. The molecule has 1 rings (SSSR count). The lowest BCUT2D eigenvalue weighted by molar-refractivity contribution is 0.378. The van der Waals surface area contributed by atoms with Crippen LogP contribution in [0.4, 0.5) is 0 Å². The molecule has 2 atom stereocenters. The van der Waals surface area contributed by atoms with Gasteiger partial charge in [0.2, 0.25) is 0 Å². The minimum absolute atomic E-state index is 0.321. The molecule has 0 amide bonds. The molecule has 0 spiro atoms. The maximum atomic E-state index is 6.21. The highest BCUT2D eigenvalue weighted by Crippen LogP contribution is 2.38. The molecule has 1 nitrogen and oxygen atoms in total. The van der Waals surface area contributed by atoms with Crippen LogP contribution in [0, 0.1) is 5.92 Å². The van der Waals surface area contributed by atoms with Crippen molar-refractivity contribution in [1.82, 2.24) is 5.32 Å². The Morgan fingerprint density at radius 1 is 1.38 bits per heavy atom. The molecular formula is C12H19Cl2NS. The van der Waals surface area contributed by atoms with Crippen molar-refractivity contribution in [3.63, 3.8) is 0 Å². The molecule has 1 heterocycles. The minimum Gasteiger partial charge on any atom is -0.310 e. The van der Waals surface area contributed by atoms with Crippen molar-refractivity contribution < 1.29 is 0 Å². The average molecular weight is 280 g/mol. The van der Waals surface area contributed by atoms with Crippen molar-refractivity contribution >= 4 is 34.5 Å². The maximum absolute atomic E-state index is 6.21. The fourth-order valence-electron chi connectivity index (χ4n) is 1.72. The van der Waals surface area contributed by atoms with Crippen molar-refractivity contribution in [1.29, 1.82) is 0 Å². The summed E-state index contributed by atoms with van der Waals surface area (Å²) < 4.78 is 1.59. The van der Waals surface area contributed by atoms with Gasteiger partial charge in [-0.1, -0.05) is 50.4 Å². The standard InChI is InChI=1S/C12H19Cl2NS/c1-4-6-15-11(8(3)5-2)9-7-10(13)16-12(9)14/h7-8,11,15H,4-6H2,1-3H3. The maximum Gasteiger partial charge on any atom is 0.0992 e. The zero-order valence-corrected chi connectivity index (χ0v) is 12.3. The van der Waals surface area contributed by atoms with Gasteiger partial charge in [0.25, 0.3) is 0 Å². The second-order valence-electron chi connectivity index (χ2n) is 4.10. The average Bonchev–Trinajstić information content (AvgIpc) is 2.58. The molecule has 0 saturated carbocycles. The smallest absolute Gasteiger partial charge is 0.0992 e. The third-order valence-corrected chi connectivity index (χ3v) is 4.36. The molecule has 0 aliphatic heterocycles. The van der Waals surface area contributed by atoms with Gasteiger partial charge in [-0.3, -0.25) is 0 Å². The first-order valence-corrected chi connectivity index (χ1v) is 7.35. The van der Waals surface area contributed by atoms with Gasteiger partial charge in [0.05, 0.1) is 8.67 Å². The first kappa shape index (κ1) is 14.3. The lowest BCUT2D eigenvalue weighted by Crippen LogP contribution is -2.27. The highest BCUT2D eigenvalue weighted by Gasteiger charge is 2.21. The van der Waals surface area contributed by atoms with E-state index in [1.165, 1.54) is 11.3 Å². The van der Waals surface area contributed by atoms with Crippen molar-refractivity contribution in [2.24, 2.45) is 5.92 Å². The van der Waals surface area contributed by atoms with Crippen LogP contribution in [0.1, 0.15) is 45.2 Å². The SMILES string of the molecule is CCCNC(c1cc(Cl)sc1Cl)C(C)CC. The van der Waals surface area contributed by atoms with Gasteiger partial charge in [-0.2, -0.15) is 0 Å². The monoisotopic (exact) mass is 279 g/mol. The molecule has 0 bridgehead atoms. The predicted octanol–water partition coefficient (Wildman–Crippen LogP) is 5.14. The van der Waals surface area contributed by atoms with Crippen LogP contribution in [0.25, 0.3) is 0 Å². The first-order valence-electron chi connectivity index (χ1n) is 5.78. The molecule has 0 fully saturated rings. The normalized spacial score (nSPS) is 15.1. The molecule has 4 heteroatoms. The number of rotatable bonds is 6. The largest absolute Gasteiger partial charge is 0.310 e. The predicted molar refractivity (Wildman–Crippen MR) is 74.8 cm³/mol. The third kappa shape index (κ3) is 3.63. The molecule has 0 aliphatic rings. The Morgan fingerprint density at radius 3 is 2.50 bits per heavy atom. The molecule has 1 aromatic rings. The van der Waals surface area contributed by atoms with Crippen LogP contribution in [-0.4, -0.2) is 6.54 Å². The van der Waals surface area contributed by atoms with E-state index in [1.54, 1.807) is 0 Å². The number of halogens is 2. The summed E-state index contributed by atoms with van der Waals surface area (Å²) in [5.41, 5.74) is 1.15. The van der Waals surface area contributed by atoms with Crippen LogP contribution in [0.5, 0.6) is 0 Å². The summed E-state index contributed by atoms with van der Waals surface area (Å²) >= 11 is 13.7. The van der Waals surface area contributed by atoms with Crippen molar-refractivity contribution in [2.75, 3.05) is 6.54 Å². The number of hydrogen-bond donors (Lipinski definition) is 1. The summed E-state index contributed by atoms with van der Waals surface area (Å²) in [6, 6.07) is 2.31. The number of thiophene rings is 1. The van der Waals surface area contributed by atoms with Gasteiger partial charge in [-0.25, -0.2) is 0 Å². The van der Waals surface area contributed by atoms with Crippen molar-refractivity contribution in [3.8, 4) is 0 Å². The molecule has 0 aromatic carbocycles. The lowest BCUT2D eigenvalue weighted by Gasteiger charge is -2.24. The van der Waals surface area contributed by atoms with E-state index in [0.717, 1.165) is 33.6 Å². The quantitative estimate of drug-likeness (QED) is 0.760. The Balaban J connectivity index is 2.86. The molecular weight excluding hydrogens is 261 g/mol. The van der Waals surface area contributed by atoms with Gasteiger partial charge in [0.15, 0.2) is 0 Å². The summed E-state index contributed by atoms with van der Waals surface area (Å²) in [5.74, 6) is 0.565. The van der Waals surface area contributed by atoms with Gasteiger partial charge in [0.1, 0.15) is 0 Å². The highest BCUT2D eigenvalue weighted by atomic mass is 35.5. The van der Waals surface area contributed by atoms with Gasteiger partial charge in [-0.05, 0) is 24.9 Å². The van der Waals surface area contributed by atoms with Gasteiger partial charge < -0.3 is 5.32 Å².